The molecule has 1 heterocycles. The number of benzene rings is 2. The highest BCUT2D eigenvalue weighted by Crippen LogP contribution is 2.32. The van der Waals surface area contributed by atoms with Gasteiger partial charge < -0.3 is 10.6 Å². The molecule has 132 valence electrons. The molecule has 2 N–H and O–H groups in total. The molecule has 0 spiro atoms. The second-order valence-corrected chi connectivity index (χ2v) is 6.61. The van der Waals surface area contributed by atoms with Crippen LogP contribution in [0.2, 0.25) is 15.1 Å². The monoisotopic (exact) mass is 406 g/mol. The van der Waals surface area contributed by atoms with Crippen molar-refractivity contribution in [1.29, 1.82) is 0 Å². The number of aryl methyl sites for hydroxylation is 1. The molecular weight excluding hydrogens is 395 g/mol. The zero-order valence-electron chi connectivity index (χ0n) is 13.6. The molecule has 5 nitrogen and oxygen atoms in total. The van der Waals surface area contributed by atoms with Crippen LogP contribution in [0.3, 0.4) is 0 Å². The van der Waals surface area contributed by atoms with Gasteiger partial charge in [0.05, 0.1) is 20.6 Å². The number of halogens is 3. The van der Waals surface area contributed by atoms with Crippen molar-refractivity contribution in [1.82, 2.24) is 9.97 Å². The van der Waals surface area contributed by atoms with E-state index in [9.17, 15) is 4.79 Å². The smallest absolute Gasteiger partial charge is 0.258 e. The second-order valence-electron chi connectivity index (χ2n) is 5.42. The first kappa shape index (κ1) is 18.5. The lowest BCUT2D eigenvalue weighted by atomic mass is 10.2. The molecule has 3 rings (SSSR count). The van der Waals surface area contributed by atoms with Gasteiger partial charge in [-0.1, -0.05) is 34.8 Å². The van der Waals surface area contributed by atoms with Crippen LogP contribution in [-0.4, -0.2) is 15.9 Å². The average Bonchev–Trinajstić information content (AvgIpc) is 2.60. The Balaban J connectivity index is 1.73. The summed E-state index contributed by atoms with van der Waals surface area (Å²) in [4.78, 5) is 20.6. The number of carbonyl (C=O) groups excluding carboxylic acids is 1. The van der Waals surface area contributed by atoms with Crippen molar-refractivity contribution in [3.8, 4) is 0 Å². The van der Waals surface area contributed by atoms with E-state index >= 15 is 0 Å². The van der Waals surface area contributed by atoms with Crippen LogP contribution in [-0.2, 0) is 0 Å². The quantitative estimate of drug-likeness (QED) is 0.541. The molecule has 0 saturated heterocycles. The molecule has 0 fully saturated rings. The van der Waals surface area contributed by atoms with E-state index in [1.807, 2.05) is 25.1 Å². The summed E-state index contributed by atoms with van der Waals surface area (Å²) in [6.07, 6.45) is 1.49. The Morgan fingerprint density at radius 1 is 0.923 bits per heavy atom. The third-order valence-corrected chi connectivity index (χ3v) is 4.61. The summed E-state index contributed by atoms with van der Waals surface area (Å²) in [5.74, 6) is 0.251. The van der Waals surface area contributed by atoms with Gasteiger partial charge in [-0.3, -0.25) is 4.79 Å². The summed E-state index contributed by atoms with van der Waals surface area (Å²) in [6, 6.07) is 12.0. The van der Waals surface area contributed by atoms with Gasteiger partial charge in [0.1, 0.15) is 12.1 Å². The van der Waals surface area contributed by atoms with Gasteiger partial charge in [-0.15, -0.1) is 0 Å². The van der Waals surface area contributed by atoms with E-state index in [2.05, 4.69) is 20.6 Å². The summed E-state index contributed by atoms with van der Waals surface area (Å²) < 4.78 is 0. The predicted molar refractivity (Wildman–Crippen MR) is 106 cm³/mol. The standard InChI is InChI=1S/C18H13Cl3N4O/c1-10-8-15(23-9-22-10)24-11-2-4-12(5-3-11)25-18(26)16-13(19)6-7-14(20)17(16)21/h2-9H,1H3,(H,25,26)(H,22,23,24). The molecule has 26 heavy (non-hydrogen) atoms. The van der Waals surface area contributed by atoms with Crippen molar-refractivity contribution in [2.45, 2.75) is 6.92 Å². The van der Waals surface area contributed by atoms with Crippen molar-refractivity contribution in [2.75, 3.05) is 10.6 Å². The van der Waals surface area contributed by atoms with E-state index in [0.717, 1.165) is 11.4 Å². The lowest BCUT2D eigenvalue weighted by Crippen LogP contribution is -2.13. The van der Waals surface area contributed by atoms with E-state index < -0.39 is 5.91 Å². The maximum Gasteiger partial charge on any atom is 0.258 e. The van der Waals surface area contributed by atoms with Crippen LogP contribution in [0.1, 0.15) is 16.1 Å². The largest absolute Gasteiger partial charge is 0.340 e. The Bertz CT molecular complexity index is 961. The molecule has 0 unspecified atom stereocenters. The van der Waals surface area contributed by atoms with Crippen LogP contribution in [0.15, 0.2) is 48.8 Å². The number of nitrogens with one attached hydrogen (secondary N) is 2. The molecule has 8 heteroatoms. The highest BCUT2D eigenvalue weighted by Gasteiger charge is 2.17. The maximum absolute atomic E-state index is 12.5. The van der Waals surface area contributed by atoms with E-state index in [1.54, 1.807) is 12.1 Å². The first-order valence-electron chi connectivity index (χ1n) is 7.54. The fourth-order valence-electron chi connectivity index (χ4n) is 2.24. The van der Waals surface area contributed by atoms with Crippen molar-refractivity contribution < 1.29 is 4.79 Å². The molecule has 0 aliphatic carbocycles. The molecule has 0 aliphatic rings. The second kappa shape index (κ2) is 7.91. The fraction of sp³-hybridized carbons (Fsp3) is 0.0556. The van der Waals surface area contributed by atoms with Crippen molar-refractivity contribution in [2.24, 2.45) is 0 Å². The molecule has 0 bridgehead atoms. The van der Waals surface area contributed by atoms with Gasteiger partial charge in [-0.25, -0.2) is 9.97 Å². The minimum atomic E-state index is -0.436. The van der Waals surface area contributed by atoms with E-state index in [1.165, 1.54) is 18.5 Å². The van der Waals surface area contributed by atoms with Crippen molar-refractivity contribution >= 4 is 57.9 Å². The van der Waals surface area contributed by atoms with Gasteiger partial charge >= 0.3 is 0 Å². The number of carbonyl (C=O) groups is 1. The van der Waals surface area contributed by atoms with Crippen molar-refractivity contribution in [3.63, 3.8) is 0 Å². The zero-order chi connectivity index (χ0) is 18.7. The Morgan fingerprint density at radius 2 is 1.58 bits per heavy atom. The minimum absolute atomic E-state index is 0.120. The molecule has 0 saturated carbocycles. The van der Waals surface area contributed by atoms with Crippen LogP contribution < -0.4 is 10.6 Å². The number of hydrogen-bond acceptors (Lipinski definition) is 4. The predicted octanol–water partition coefficient (Wildman–Crippen LogP) is 5.74. The van der Waals surface area contributed by atoms with Crippen LogP contribution >= 0.6 is 34.8 Å². The molecule has 0 atom stereocenters. The van der Waals surface area contributed by atoms with Gasteiger partial charge in [-0.2, -0.15) is 0 Å². The number of anilines is 3. The van der Waals surface area contributed by atoms with Crippen LogP contribution in [0.5, 0.6) is 0 Å². The Labute approximate surface area is 165 Å². The zero-order valence-corrected chi connectivity index (χ0v) is 15.8. The molecule has 1 amide bonds. The Kier molecular flexibility index (Phi) is 5.61. The van der Waals surface area contributed by atoms with Crippen LogP contribution in [0, 0.1) is 6.92 Å². The lowest BCUT2D eigenvalue weighted by molar-refractivity contribution is 0.102. The fourth-order valence-corrected chi connectivity index (χ4v) is 2.94. The summed E-state index contributed by atoms with van der Waals surface area (Å²) in [5, 5.41) is 6.52. The SMILES string of the molecule is Cc1cc(Nc2ccc(NC(=O)c3c(Cl)ccc(Cl)c3Cl)cc2)ncn1. The molecule has 2 aromatic carbocycles. The van der Waals surface area contributed by atoms with Crippen molar-refractivity contribution in [3.05, 3.63) is 75.1 Å². The number of aromatic nitrogens is 2. The average molecular weight is 408 g/mol. The number of rotatable bonds is 4. The topological polar surface area (TPSA) is 66.9 Å². The summed E-state index contributed by atoms with van der Waals surface area (Å²) >= 11 is 18.1. The lowest BCUT2D eigenvalue weighted by Gasteiger charge is -2.11. The van der Waals surface area contributed by atoms with Gasteiger partial charge in [0.2, 0.25) is 0 Å². The Morgan fingerprint density at radius 3 is 2.27 bits per heavy atom. The van der Waals surface area contributed by atoms with Crippen LogP contribution in [0.4, 0.5) is 17.2 Å². The molecule has 3 aromatic rings. The first-order chi connectivity index (χ1) is 12.4. The highest BCUT2D eigenvalue weighted by atomic mass is 35.5. The van der Waals surface area contributed by atoms with E-state index in [0.29, 0.717) is 11.5 Å². The molecule has 0 radical (unpaired) electrons. The summed E-state index contributed by atoms with van der Waals surface area (Å²) in [6.45, 7) is 1.89. The maximum atomic E-state index is 12.5. The Hall–Kier alpha value is -2.34. The van der Waals surface area contributed by atoms with Gasteiger partial charge in [-0.05, 0) is 43.3 Å². The number of amides is 1. The summed E-state index contributed by atoms with van der Waals surface area (Å²) in [5.41, 5.74) is 2.41. The van der Waals surface area contributed by atoms with Gasteiger partial charge in [0.25, 0.3) is 5.91 Å². The van der Waals surface area contributed by atoms with Gasteiger partial charge in [0, 0.05) is 23.1 Å². The molecule has 1 aromatic heterocycles. The first-order valence-corrected chi connectivity index (χ1v) is 8.68. The van der Waals surface area contributed by atoms with E-state index in [4.69, 9.17) is 34.8 Å². The van der Waals surface area contributed by atoms with Gasteiger partial charge in [0.15, 0.2) is 0 Å². The highest BCUT2D eigenvalue weighted by molar-refractivity contribution is 6.46. The minimum Gasteiger partial charge on any atom is -0.340 e. The third kappa shape index (κ3) is 4.25. The normalized spacial score (nSPS) is 10.5. The molecular formula is C18H13Cl3N4O. The summed E-state index contributed by atoms with van der Waals surface area (Å²) in [7, 11) is 0. The van der Waals surface area contributed by atoms with Crippen LogP contribution in [0.25, 0.3) is 0 Å². The number of nitrogens with zero attached hydrogens (tertiary/aromatic N) is 2. The third-order valence-electron chi connectivity index (χ3n) is 3.49. The number of hydrogen-bond donors (Lipinski definition) is 2. The van der Waals surface area contributed by atoms with E-state index in [-0.39, 0.29) is 20.6 Å². The molecule has 0 aliphatic heterocycles.